The Kier molecular flexibility index (Phi) is 5.68. The van der Waals surface area contributed by atoms with Crippen LogP contribution in [-0.2, 0) is 0 Å². The lowest BCUT2D eigenvalue weighted by molar-refractivity contribution is -0.0819. The molecule has 144 valence electrons. The van der Waals surface area contributed by atoms with Gasteiger partial charge in [-0.1, -0.05) is 0 Å². The van der Waals surface area contributed by atoms with Crippen molar-refractivity contribution in [3.05, 3.63) is 0 Å². The van der Waals surface area contributed by atoms with E-state index in [0.29, 0.717) is 5.41 Å². The van der Waals surface area contributed by atoms with Crippen molar-refractivity contribution in [1.29, 1.82) is 0 Å². The summed E-state index contributed by atoms with van der Waals surface area (Å²) in [5, 5.41) is 5.28. The molecule has 0 amide bonds. The molecule has 5 nitrogen and oxygen atoms in total. The highest BCUT2D eigenvalue weighted by Gasteiger charge is 2.39. The van der Waals surface area contributed by atoms with Crippen LogP contribution in [0.2, 0.25) is 0 Å². The first-order chi connectivity index (χ1) is 12.1. The second-order valence-electron chi connectivity index (χ2n) is 9.28. The van der Waals surface area contributed by atoms with Crippen LogP contribution in [0.5, 0.6) is 0 Å². The first-order valence-corrected chi connectivity index (χ1v) is 10.7. The van der Waals surface area contributed by atoms with Gasteiger partial charge < -0.3 is 14.7 Å². The molecule has 0 atom stereocenters. The maximum absolute atomic E-state index is 2.85. The summed E-state index contributed by atoms with van der Waals surface area (Å²) >= 11 is 0. The smallest absolute Gasteiger partial charge is 0.0261 e. The number of hydrazine groups is 1. The van der Waals surface area contributed by atoms with Gasteiger partial charge in [0.15, 0.2) is 0 Å². The Morgan fingerprint density at radius 3 is 1.64 bits per heavy atom. The summed E-state index contributed by atoms with van der Waals surface area (Å²) in [7, 11) is 4.53. The van der Waals surface area contributed by atoms with E-state index in [1.165, 1.54) is 104 Å². The van der Waals surface area contributed by atoms with E-state index >= 15 is 0 Å². The zero-order valence-corrected chi connectivity index (χ0v) is 16.6. The Morgan fingerprint density at radius 1 is 0.560 bits per heavy atom. The van der Waals surface area contributed by atoms with Crippen molar-refractivity contribution in [3.63, 3.8) is 0 Å². The number of hydrogen-bond donors (Lipinski definition) is 0. The summed E-state index contributed by atoms with van der Waals surface area (Å²) in [6, 6.07) is 0.854. The molecule has 4 fully saturated rings. The zero-order chi connectivity index (χ0) is 17.3. The fraction of sp³-hybridized carbons (Fsp3) is 1.00. The Labute approximate surface area is 154 Å². The maximum Gasteiger partial charge on any atom is 0.0261 e. The molecule has 4 saturated heterocycles. The van der Waals surface area contributed by atoms with E-state index in [2.05, 4.69) is 38.8 Å². The van der Waals surface area contributed by atoms with E-state index in [0.717, 1.165) is 6.04 Å². The van der Waals surface area contributed by atoms with E-state index in [1.807, 2.05) is 0 Å². The Morgan fingerprint density at radius 2 is 1.04 bits per heavy atom. The van der Waals surface area contributed by atoms with Crippen LogP contribution < -0.4 is 0 Å². The third-order valence-corrected chi connectivity index (χ3v) is 7.74. The maximum atomic E-state index is 2.85. The molecule has 0 aromatic rings. The van der Waals surface area contributed by atoms with Crippen LogP contribution in [0.25, 0.3) is 0 Å². The van der Waals surface area contributed by atoms with Gasteiger partial charge in [-0.2, -0.15) is 0 Å². The van der Waals surface area contributed by atoms with E-state index < -0.39 is 0 Å². The summed E-state index contributed by atoms with van der Waals surface area (Å²) in [5.74, 6) is 0. The topological polar surface area (TPSA) is 16.2 Å². The molecule has 5 heteroatoms. The molecule has 0 N–H and O–H groups in total. The van der Waals surface area contributed by atoms with Crippen molar-refractivity contribution in [1.82, 2.24) is 24.7 Å². The molecule has 0 aliphatic carbocycles. The third kappa shape index (κ3) is 4.22. The fourth-order valence-corrected chi connectivity index (χ4v) is 5.54. The summed E-state index contributed by atoms with van der Waals surface area (Å²) in [6.07, 6.45) is 8.56. The number of hydrogen-bond acceptors (Lipinski definition) is 5. The predicted molar refractivity (Wildman–Crippen MR) is 104 cm³/mol. The normalized spacial score (nSPS) is 32.4. The first-order valence-electron chi connectivity index (χ1n) is 10.7. The molecule has 0 aromatic carbocycles. The van der Waals surface area contributed by atoms with Gasteiger partial charge in [0.05, 0.1) is 0 Å². The van der Waals surface area contributed by atoms with Crippen molar-refractivity contribution >= 4 is 0 Å². The molecule has 4 rings (SSSR count). The molecule has 25 heavy (non-hydrogen) atoms. The minimum atomic E-state index is 0.698. The number of likely N-dealkylation sites (N-methyl/N-ethyl adjacent to an activating group) is 1. The molecular weight excluding hydrogens is 310 g/mol. The number of piperidine rings is 3. The zero-order valence-electron chi connectivity index (χ0n) is 16.6. The molecular formula is C20H39N5. The average molecular weight is 350 g/mol. The van der Waals surface area contributed by atoms with Crippen molar-refractivity contribution in [3.8, 4) is 0 Å². The van der Waals surface area contributed by atoms with Crippen molar-refractivity contribution in [2.45, 2.75) is 44.6 Å². The molecule has 0 saturated carbocycles. The highest BCUT2D eigenvalue weighted by atomic mass is 15.6. The van der Waals surface area contributed by atoms with E-state index in [-0.39, 0.29) is 0 Å². The molecule has 0 aromatic heterocycles. The van der Waals surface area contributed by atoms with Crippen LogP contribution in [-0.4, -0.2) is 110 Å². The van der Waals surface area contributed by atoms with Gasteiger partial charge in [-0.15, -0.1) is 0 Å². The Hall–Kier alpha value is -0.200. The number of piperazine rings is 1. The van der Waals surface area contributed by atoms with Gasteiger partial charge in [0, 0.05) is 45.3 Å². The molecule has 4 heterocycles. The van der Waals surface area contributed by atoms with Gasteiger partial charge in [0.2, 0.25) is 0 Å². The Bertz CT molecular complexity index is 408. The third-order valence-electron chi connectivity index (χ3n) is 7.74. The van der Waals surface area contributed by atoms with Crippen LogP contribution in [0.1, 0.15) is 38.5 Å². The van der Waals surface area contributed by atoms with Gasteiger partial charge in [0.25, 0.3) is 0 Å². The highest BCUT2D eigenvalue weighted by molar-refractivity contribution is 4.92. The van der Waals surface area contributed by atoms with Crippen molar-refractivity contribution in [2.75, 3.05) is 79.5 Å². The van der Waals surface area contributed by atoms with Gasteiger partial charge in [0.1, 0.15) is 0 Å². The van der Waals surface area contributed by atoms with Gasteiger partial charge in [-0.25, -0.2) is 10.0 Å². The van der Waals surface area contributed by atoms with Crippen LogP contribution in [0, 0.1) is 5.41 Å². The van der Waals surface area contributed by atoms with Crippen molar-refractivity contribution in [2.24, 2.45) is 5.41 Å². The lowest BCUT2D eigenvalue weighted by atomic mass is 9.71. The van der Waals surface area contributed by atoms with Crippen molar-refractivity contribution < 1.29 is 0 Å². The van der Waals surface area contributed by atoms with Gasteiger partial charge >= 0.3 is 0 Å². The average Bonchev–Trinajstić information content (AvgIpc) is 2.66. The second-order valence-corrected chi connectivity index (χ2v) is 9.28. The molecule has 0 radical (unpaired) electrons. The standard InChI is InChI=1S/C20H39N5/c1-21-11-5-20(6-12-21)7-13-23(14-8-20)19-3-9-24(10-4-19)25-17-15-22(2)16-18-25/h19H,3-18H2,1-2H3. The van der Waals surface area contributed by atoms with Crippen LogP contribution in [0.15, 0.2) is 0 Å². The summed E-state index contributed by atoms with van der Waals surface area (Å²) < 4.78 is 0. The van der Waals surface area contributed by atoms with Gasteiger partial charge in [-0.3, -0.25) is 0 Å². The van der Waals surface area contributed by atoms with E-state index in [1.54, 1.807) is 0 Å². The quantitative estimate of drug-likeness (QED) is 0.747. The molecule has 1 spiro atoms. The summed E-state index contributed by atoms with van der Waals surface area (Å²) in [6.45, 7) is 12.8. The molecule has 0 unspecified atom stereocenters. The van der Waals surface area contributed by atoms with Crippen LogP contribution in [0.3, 0.4) is 0 Å². The number of nitrogens with zero attached hydrogens (tertiary/aromatic N) is 5. The largest absolute Gasteiger partial charge is 0.306 e. The lowest BCUT2D eigenvalue weighted by Crippen LogP contribution is -2.57. The van der Waals surface area contributed by atoms with Crippen LogP contribution >= 0.6 is 0 Å². The highest BCUT2D eigenvalue weighted by Crippen LogP contribution is 2.41. The monoisotopic (exact) mass is 349 g/mol. The van der Waals surface area contributed by atoms with E-state index in [4.69, 9.17) is 0 Å². The fourth-order valence-electron chi connectivity index (χ4n) is 5.54. The van der Waals surface area contributed by atoms with Gasteiger partial charge in [-0.05, 0) is 84.2 Å². The summed E-state index contributed by atoms with van der Waals surface area (Å²) in [4.78, 5) is 7.83. The SMILES string of the molecule is CN1CCN(N2CCC(N3CCC4(CCN(C)CC4)CC3)CC2)CC1. The Balaban J connectivity index is 1.21. The predicted octanol–water partition coefficient (Wildman–Crippen LogP) is 1.42. The second kappa shape index (κ2) is 7.81. The molecule has 4 aliphatic heterocycles. The minimum Gasteiger partial charge on any atom is -0.306 e. The minimum absolute atomic E-state index is 0.698. The number of rotatable bonds is 2. The lowest BCUT2D eigenvalue weighted by Gasteiger charge is -2.50. The first kappa shape index (κ1) is 18.2. The molecule has 0 bridgehead atoms. The van der Waals surface area contributed by atoms with E-state index in [9.17, 15) is 0 Å². The molecule has 4 aliphatic rings. The van der Waals surface area contributed by atoms with Crippen LogP contribution in [0.4, 0.5) is 0 Å². The summed E-state index contributed by atoms with van der Waals surface area (Å²) in [5.41, 5.74) is 0.698. The number of likely N-dealkylation sites (tertiary alicyclic amines) is 2.